The number of benzene rings is 1. The third kappa shape index (κ3) is 3.22. The lowest BCUT2D eigenvalue weighted by atomic mass is 10.1. The fourth-order valence-electron chi connectivity index (χ4n) is 2.00. The number of furan rings is 1. The summed E-state index contributed by atoms with van der Waals surface area (Å²) in [6.45, 7) is 0. The van der Waals surface area contributed by atoms with E-state index >= 15 is 0 Å². The maximum Gasteiger partial charge on any atom is 0.131 e. The van der Waals surface area contributed by atoms with E-state index in [2.05, 4.69) is 5.32 Å². The van der Waals surface area contributed by atoms with Gasteiger partial charge < -0.3 is 9.73 Å². The molecular weight excluding hydrogens is 349 g/mol. The van der Waals surface area contributed by atoms with E-state index in [0.29, 0.717) is 20.1 Å². The zero-order valence-electron chi connectivity index (χ0n) is 10.6. The topological polar surface area (TPSA) is 25.2 Å². The highest BCUT2D eigenvalue weighted by Gasteiger charge is 2.21. The van der Waals surface area contributed by atoms with Crippen molar-refractivity contribution in [3.63, 3.8) is 0 Å². The van der Waals surface area contributed by atoms with Crippen LogP contribution in [-0.4, -0.2) is 0 Å². The lowest BCUT2D eigenvalue weighted by Gasteiger charge is -2.18. The van der Waals surface area contributed by atoms with Crippen molar-refractivity contribution in [1.82, 2.24) is 0 Å². The van der Waals surface area contributed by atoms with Gasteiger partial charge in [0, 0.05) is 4.88 Å². The monoisotopic (exact) mass is 357 g/mol. The first kappa shape index (κ1) is 14.8. The second-order valence-corrected chi connectivity index (χ2v) is 6.89. The van der Waals surface area contributed by atoms with E-state index in [9.17, 15) is 0 Å². The number of rotatable bonds is 4. The molecule has 3 aromatic rings. The summed E-state index contributed by atoms with van der Waals surface area (Å²) in [5.41, 5.74) is 0.673. The predicted molar refractivity (Wildman–Crippen MR) is 90.0 cm³/mol. The van der Waals surface area contributed by atoms with Crippen LogP contribution in [0.4, 0.5) is 5.69 Å². The normalized spacial score (nSPS) is 12.3. The Morgan fingerprint density at radius 1 is 0.952 bits per heavy atom. The smallest absolute Gasteiger partial charge is 0.131 e. The standard InChI is InChI=1S/C15H10Cl3NOS/c16-9-3-1-4-10(17)14(9)19-15(11-5-2-8-20-11)12-6-7-13(18)21-12/h1-8,15,19H. The van der Waals surface area contributed by atoms with E-state index in [-0.39, 0.29) is 6.04 Å². The van der Waals surface area contributed by atoms with Gasteiger partial charge in [-0.3, -0.25) is 0 Å². The van der Waals surface area contributed by atoms with E-state index in [1.165, 1.54) is 11.3 Å². The fraction of sp³-hybridized carbons (Fsp3) is 0.0667. The highest BCUT2D eigenvalue weighted by molar-refractivity contribution is 7.16. The van der Waals surface area contributed by atoms with Gasteiger partial charge in [-0.2, -0.15) is 0 Å². The van der Waals surface area contributed by atoms with Crippen molar-refractivity contribution in [3.8, 4) is 0 Å². The van der Waals surface area contributed by atoms with Crippen LogP contribution >= 0.6 is 46.1 Å². The highest BCUT2D eigenvalue weighted by Crippen LogP contribution is 2.38. The molecule has 0 bridgehead atoms. The molecular formula is C15H10Cl3NOS. The van der Waals surface area contributed by atoms with Gasteiger partial charge in [0.1, 0.15) is 11.8 Å². The van der Waals surface area contributed by atoms with Crippen molar-refractivity contribution >= 4 is 51.8 Å². The molecule has 6 heteroatoms. The summed E-state index contributed by atoms with van der Waals surface area (Å²) in [5.74, 6) is 0.768. The second kappa shape index (κ2) is 6.32. The first-order chi connectivity index (χ1) is 10.1. The van der Waals surface area contributed by atoms with E-state index in [4.69, 9.17) is 39.2 Å². The Morgan fingerprint density at radius 2 is 1.71 bits per heavy atom. The molecule has 0 saturated carbocycles. The molecule has 2 aromatic heterocycles. The summed E-state index contributed by atoms with van der Waals surface area (Å²) in [7, 11) is 0. The van der Waals surface area contributed by atoms with E-state index in [1.54, 1.807) is 24.5 Å². The molecule has 0 aliphatic heterocycles. The molecule has 1 atom stereocenters. The van der Waals surface area contributed by atoms with Crippen molar-refractivity contribution in [2.45, 2.75) is 6.04 Å². The van der Waals surface area contributed by atoms with E-state index in [0.717, 1.165) is 10.6 Å². The van der Waals surface area contributed by atoms with Crippen molar-refractivity contribution in [2.24, 2.45) is 0 Å². The summed E-state index contributed by atoms with van der Waals surface area (Å²) in [6.07, 6.45) is 1.63. The molecule has 21 heavy (non-hydrogen) atoms. The molecule has 0 radical (unpaired) electrons. The van der Waals surface area contributed by atoms with E-state index in [1.807, 2.05) is 24.3 Å². The molecule has 1 aromatic carbocycles. The number of thiophene rings is 1. The van der Waals surface area contributed by atoms with Gasteiger partial charge in [0.05, 0.1) is 26.3 Å². The largest absolute Gasteiger partial charge is 0.467 e. The first-order valence-corrected chi connectivity index (χ1v) is 8.09. The Balaban J connectivity index is 2.01. The molecule has 1 N–H and O–H groups in total. The summed E-state index contributed by atoms with van der Waals surface area (Å²) in [4.78, 5) is 1.02. The zero-order chi connectivity index (χ0) is 14.8. The fourth-order valence-corrected chi connectivity index (χ4v) is 3.63. The number of hydrogen-bond acceptors (Lipinski definition) is 3. The summed E-state index contributed by atoms with van der Waals surface area (Å²) in [6, 6.07) is 12.7. The molecule has 2 heterocycles. The Labute approximate surface area is 141 Å². The van der Waals surface area contributed by atoms with Crippen LogP contribution in [0.25, 0.3) is 0 Å². The van der Waals surface area contributed by atoms with Crippen LogP contribution in [0.2, 0.25) is 14.4 Å². The van der Waals surface area contributed by atoms with Crippen LogP contribution in [0.1, 0.15) is 16.7 Å². The Hall–Kier alpha value is -1.13. The maximum atomic E-state index is 6.23. The van der Waals surface area contributed by atoms with Crippen LogP contribution < -0.4 is 5.32 Å². The number of nitrogens with one attached hydrogen (secondary N) is 1. The van der Waals surface area contributed by atoms with Crippen LogP contribution in [0.15, 0.2) is 53.1 Å². The van der Waals surface area contributed by atoms with E-state index < -0.39 is 0 Å². The van der Waals surface area contributed by atoms with Gasteiger partial charge in [0.2, 0.25) is 0 Å². The highest BCUT2D eigenvalue weighted by atomic mass is 35.5. The minimum Gasteiger partial charge on any atom is -0.467 e. The molecule has 0 aliphatic rings. The predicted octanol–water partition coefficient (Wildman–Crippen LogP) is 6.50. The molecule has 0 amide bonds. The van der Waals surface area contributed by atoms with Gasteiger partial charge in [-0.25, -0.2) is 0 Å². The molecule has 0 fully saturated rings. The number of hydrogen-bond donors (Lipinski definition) is 1. The number of anilines is 1. The Morgan fingerprint density at radius 3 is 2.29 bits per heavy atom. The summed E-state index contributed by atoms with van der Waals surface area (Å²) >= 11 is 20.0. The third-order valence-electron chi connectivity index (χ3n) is 2.96. The molecule has 1 unspecified atom stereocenters. The molecule has 0 aliphatic carbocycles. The van der Waals surface area contributed by atoms with Gasteiger partial charge in [-0.05, 0) is 36.4 Å². The minimum absolute atomic E-state index is 0.199. The Kier molecular flexibility index (Phi) is 4.45. The average Bonchev–Trinajstić information content (AvgIpc) is 3.10. The number of para-hydroxylation sites is 1. The first-order valence-electron chi connectivity index (χ1n) is 6.14. The van der Waals surface area contributed by atoms with Crippen LogP contribution in [0.3, 0.4) is 0 Å². The molecule has 0 saturated heterocycles. The van der Waals surface area contributed by atoms with Crippen LogP contribution in [0, 0.1) is 0 Å². The summed E-state index contributed by atoms with van der Waals surface area (Å²) < 4.78 is 6.24. The second-order valence-electron chi connectivity index (χ2n) is 4.33. The van der Waals surface area contributed by atoms with Crippen molar-refractivity contribution in [1.29, 1.82) is 0 Å². The molecule has 3 rings (SSSR count). The van der Waals surface area contributed by atoms with Gasteiger partial charge in [-0.15, -0.1) is 11.3 Å². The SMILES string of the molecule is Clc1ccc(C(Nc2c(Cl)cccc2Cl)c2ccco2)s1. The Bertz CT molecular complexity index is 719. The van der Waals surface area contributed by atoms with Crippen LogP contribution in [-0.2, 0) is 0 Å². The molecule has 0 spiro atoms. The lowest BCUT2D eigenvalue weighted by Crippen LogP contribution is -2.10. The quantitative estimate of drug-likeness (QED) is 0.575. The summed E-state index contributed by atoms with van der Waals surface area (Å²) in [5, 5.41) is 4.46. The van der Waals surface area contributed by atoms with Gasteiger partial charge >= 0.3 is 0 Å². The van der Waals surface area contributed by atoms with Crippen molar-refractivity contribution in [3.05, 3.63) is 73.7 Å². The maximum absolute atomic E-state index is 6.23. The molecule has 2 nitrogen and oxygen atoms in total. The van der Waals surface area contributed by atoms with Crippen molar-refractivity contribution < 1.29 is 4.42 Å². The van der Waals surface area contributed by atoms with Crippen molar-refractivity contribution in [2.75, 3.05) is 5.32 Å². The minimum atomic E-state index is -0.199. The zero-order valence-corrected chi connectivity index (χ0v) is 13.7. The average molecular weight is 359 g/mol. The van der Waals surface area contributed by atoms with Gasteiger partial charge in [0.15, 0.2) is 0 Å². The lowest BCUT2D eigenvalue weighted by molar-refractivity contribution is 0.501. The number of halogens is 3. The third-order valence-corrected chi connectivity index (χ3v) is 4.88. The van der Waals surface area contributed by atoms with Gasteiger partial charge in [0.25, 0.3) is 0 Å². The van der Waals surface area contributed by atoms with Gasteiger partial charge in [-0.1, -0.05) is 40.9 Å². The van der Waals surface area contributed by atoms with Crippen LogP contribution in [0.5, 0.6) is 0 Å². The molecule has 108 valence electrons.